The molecule has 0 radical (unpaired) electrons. The van der Waals surface area contributed by atoms with Gasteiger partial charge in [0.05, 0.1) is 19.3 Å². The molecule has 9 heteroatoms. The second-order valence-electron chi connectivity index (χ2n) is 5.99. The van der Waals surface area contributed by atoms with E-state index in [2.05, 4.69) is 4.98 Å². The summed E-state index contributed by atoms with van der Waals surface area (Å²) >= 11 is 1.23. The molecule has 1 atom stereocenters. The lowest BCUT2D eigenvalue weighted by Gasteiger charge is -2.10. The standard InChI is InChI=1S/C17H20N4O4S/c1-19-14-13(15(24)20(2)17(19)25)21(8-11-6-4-3-5-7-11)16(18-14)26-10-12(23)9-22/h3-7,12,22-23H,8-10H2,1-2H3/t12-/m0/s1. The van der Waals surface area contributed by atoms with Gasteiger partial charge in [0, 0.05) is 19.8 Å². The normalized spacial score (nSPS) is 12.6. The molecule has 0 amide bonds. The molecule has 0 spiro atoms. The number of nitrogens with zero attached hydrogens (tertiary/aromatic N) is 4. The number of benzene rings is 1. The van der Waals surface area contributed by atoms with Gasteiger partial charge in [0.25, 0.3) is 5.56 Å². The summed E-state index contributed by atoms with van der Waals surface area (Å²) in [5.41, 5.74) is 0.751. The lowest BCUT2D eigenvalue weighted by molar-refractivity contribution is 0.113. The van der Waals surface area contributed by atoms with Crippen molar-refractivity contribution in [1.82, 2.24) is 18.7 Å². The molecular weight excluding hydrogens is 356 g/mol. The van der Waals surface area contributed by atoms with Crippen LogP contribution < -0.4 is 11.2 Å². The summed E-state index contributed by atoms with van der Waals surface area (Å²) in [6, 6.07) is 9.60. The molecule has 1 aromatic carbocycles. The lowest BCUT2D eigenvalue weighted by Crippen LogP contribution is -2.37. The number of hydrogen-bond donors (Lipinski definition) is 2. The number of fused-ring (bicyclic) bond motifs is 1. The summed E-state index contributed by atoms with van der Waals surface area (Å²) in [5, 5.41) is 19.2. The van der Waals surface area contributed by atoms with Crippen LogP contribution in [-0.4, -0.2) is 47.4 Å². The summed E-state index contributed by atoms with van der Waals surface area (Å²) in [6.07, 6.45) is -0.892. The fourth-order valence-corrected chi connectivity index (χ4v) is 3.58. The highest BCUT2D eigenvalue weighted by Gasteiger charge is 2.20. The maximum Gasteiger partial charge on any atom is 0.332 e. The van der Waals surface area contributed by atoms with E-state index in [4.69, 9.17) is 5.11 Å². The zero-order valence-corrected chi connectivity index (χ0v) is 15.3. The molecule has 3 rings (SSSR count). The second-order valence-corrected chi connectivity index (χ2v) is 6.98. The summed E-state index contributed by atoms with van der Waals surface area (Å²) in [5.74, 6) is 0.225. The molecule has 138 valence electrons. The van der Waals surface area contributed by atoms with Crippen molar-refractivity contribution in [2.75, 3.05) is 12.4 Å². The van der Waals surface area contributed by atoms with E-state index in [0.29, 0.717) is 22.9 Å². The number of aromatic nitrogens is 4. The molecule has 0 aliphatic heterocycles. The minimum atomic E-state index is -0.892. The van der Waals surface area contributed by atoms with Crippen LogP contribution in [0.15, 0.2) is 45.1 Å². The van der Waals surface area contributed by atoms with E-state index in [9.17, 15) is 14.7 Å². The van der Waals surface area contributed by atoms with E-state index >= 15 is 0 Å². The summed E-state index contributed by atoms with van der Waals surface area (Å²) < 4.78 is 4.15. The molecular formula is C17H20N4O4S. The quantitative estimate of drug-likeness (QED) is 0.584. The van der Waals surface area contributed by atoms with Crippen LogP contribution in [0, 0.1) is 0 Å². The van der Waals surface area contributed by atoms with Gasteiger partial charge in [-0.1, -0.05) is 42.1 Å². The highest BCUT2D eigenvalue weighted by atomic mass is 32.2. The zero-order valence-electron chi connectivity index (χ0n) is 14.5. The molecule has 0 saturated carbocycles. The van der Waals surface area contributed by atoms with Crippen molar-refractivity contribution in [2.45, 2.75) is 17.8 Å². The highest BCUT2D eigenvalue weighted by Crippen LogP contribution is 2.23. The summed E-state index contributed by atoms with van der Waals surface area (Å²) in [6.45, 7) is 0.0501. The van der Waals surface area contributed by atoms with E-state index in [1.807, 2.05) is 30.3 Å². The van der Waals surface area contributed by atoms with Crippen molar-refractivity contribution in [3.05, 3.63) is 56.7 Å². The van der Waals surface area contributed by atoms with E-state index in [1.54, 1.807) is 11.6 Å². The van der Waals surface area contributed by atoms with Gasteiger partial charge in [0.1, 0.15) is 0 Å². The predicted octanol–water partition coefficient (Wildman–Crippen LogP) is -0.0727. The summed E-state index contributed by atoms with van der Waals surface area (Å²) in [4.78, 5) is 29.4. The Morgan fingerprint density at radius 3 is 2.50 bits per heavy atom. The molecule has 2 N–H and O–H groups in total. The van der Waals surface area contributed by atoms with Gasteiger partial charge in [0.15, 0.2) is 16.3 Å². The van der Waals surface area contributed by atoms with Crippen molar-refractivity contribution in [3.63, 3.8) is 0 Å². The monoisotopic (exact) mass is 376 g/mol. The molecule has 2 aromatic heterocycles. The topological polar surface area (TPSA) is 102 Å². The van der Waals surface area contributed by atoms with Gasteiger partial charge >= 0.3 is 5.69 Å². The van der Waals surface area contributed by atoms with E-state index in [-0.39, 0.29) is 12.4 Å². The summed E-state index contributed by atoms with van der Waals surface area (Å²) in [7, 11) is 3.01. The minimum absolute atomic E-state index is 0.225. The number of thioether (sulfide) groups is 1. The van der Waals surface area contributed by atoms with Gasteiger partial charge in [-0.15, -0.1) is 0 Å². The van der Waals surface area contributed by atoms with Crippen LogP contribution in [0.25, 0.3) is 11.2 Å². The third-order valence-corrected chi connectivity index (χ3v) is 5.23. The van der Waals surface area contributed by atoms with Crippen molar-refractivity contribution < 1.29 is 10.2 Å². The Balaban J connectivity index is 2.19. The maximum atomic E-state index is 12.7. The first kappa shape index (κ1) is 18.4. The van der Waals surface area contributed by atoms with Crippen molar-refractivity contribution in [2.24, 2.45) is 14.1 Å². The molecule has 0 bridgehead atoms. The molecule has 0 fully saturated rings. The molecule has 0 unspecified atom stereocenters. The zero-order chi connectivity index (χ0) is 18.8. The van der Waals surface area contributed by atoms with Crippen LogP contribution in [0.4, 0.5) is 0 Å². The lowest BCUT2D eigenvalue weighted by atomic mass is 10.2. The second kappa shape index (κ2) is 7.48. The van der Waals surface area contributed by atoms with Gasteiger partial charge in [-0.25, -0.2) is 9.78 Å². The third kappa shape index (κ3) is 3.33. The first-order valence-electron chi connectivity index (χ1n) is 8.06. The van der Waals surface area contributed by atoms with Crippen LogP contribution in [0.1, 0.15) is 5.56 Å². The van der Waals surface area contributed by atoms with Crippen molar-refractivity contribution in [1.29, 1.82) is 0 Å². The van der Waals surface area contributed by atoms with Crippen molar-refractivity contribution >= 4 is 22.9 Å². The van der Waals surface area contributed by atoms with Gasteiger partial charge < -0.3 is 14.8 Å². The number of imidazole rings is 1. The fourth-order valence-electron chi connectivity index (χ4n) is 2.67. The number of hydrogen-bond acceptors (Lipinski definition) is 6. The number of rotatable bonds is 6. The number of aliphatic hydroxyl groups excluding tert-OH is 2. The first-order valence-corrected chi connectivity index (χ1v) is 9.04. The molecule has 0 aliphatic carbocycles. The number of aliphatic hydroxyl groups is 2. The fraction of sp³-hybridized carbons (Fsp3) is 0.353. The third-order valence-electron chi connectivity index (χ3n) is 4.11. The SMILES string of the molecule is Cn1c(=O)c2c(nc(SC[C@@H](O)CO)n2Cc2ccccc2)n(C)c1=O. The highest BCUT2D eigenvalue weighted by molar-refractivity contribution is 7.99. The molecule has 3 aromatic rings. The molecule has 8 nitrogen and oxygen atoms in total. The Kier molecular flexibility index (Phi) is 5.30. The Morgan fingerprint density at radius 2 is 1.85 bits per heavy atom. The Morgan fingerprint density at radius 1 is 1.15 bits per heavy atom. The Bertz CT molecular complexity index is 1040. The maximum absolute atomic E-state index is 12.7. The van der Waals surface area contributed by atoms with E-state index < -0.39 is 17.4 Å². The Hall–Kier alpha value is -2.36. The predicted molar refractivity (Wildman–Crippen MR) is 99.6 cm³/mol. The van der Waals surface area contributed by atoms with Gasteiger partial charge in [-0.3, -0.25) is 13.9 Å². The molecule has 2 heterocycles. The van der Waals surface area contributed by atoms with Gasteiger partial charge in [-0.05, 0) is 5.56 Å². The first-order chi connectivity index (χ1) is 12.4. The van der Waals surface area contributed by atoms with Gasteiger partial charge in [0.2, 0.25) is 0 Å². The number of aryl methyl sites for hydroxylation is 1. The van der Waals surface area contributed by atoms with Crippen LogP contribution in [0.2, 0.25) is 0 Å². The Labute approximate surface area is 153 Å². The molecule has 0 aliphatic rings. The smallest absolute Gasteiger partial charge is 0.332 e. The minimum Gasteiger partial charge on any atom is -0.394 e. The van der Waals surface area contributed by atoms with Crippen LogP contribution >= 0.6 is 11.8 Å². The van der Waals surface area contributed by atoms with Gasteiger partial charge in [-0.2, -0.15) is 0 Å². The van der Waals surface area contributed by atoms with Crippen LogP contribution in [-0.2, 0) is 20.6 Å². The largest absolute Gasteiger partial charge is 0.394 e. The average Bonchev–Trinajstić information content (AvgIpc) is 3.02. The molecule has 0 saturated heterocycles. The van der Waals surface area contributed by atoms with E-state index in [1.165, 1.54) is 23.4 Å². The van der Waals surface area contributed by atoms with E-state index in [0.717, 1.165) is 10.1 Å². The van der Waals surface area contributed by atoms with Crippen LogP contribution in [0.3, 0.4) is 0 Å². The van der Waals surface area contributed by atoms with Crippen LogP contribution in [0.5, 0.6) is 0 Å². The van der Waals surface area contributed by atoms with Crippen molar-refractivity contribution in [3.8, 4) is 0 Å². The average molecular weight is 376 g/mol. The molecule has 26 heavy (non-hydrogen) atoms.